The molecular weight excluding hydrogens is 376 g/mol. The monoisotopic (exact) mass is 404 g/mol. The Bertz CT molecular complexity index is 669. The van der Waals surface area contributed by atoms with Crippen LogP contribution in [0, 0.1) is 0 Å². The van der Waals surface area contributed by atoms with Crippen LogP contribution in [0.4, 0.5) is 0 Å². The smallest absolute Gasteiger partial charge is 0.113 e. The molecule has 1 aliphatic rings. The highest BCUT2D eigenvalue weighted by atomic mass is 32.2. The molecule has 1 aliphatic heterocycles. The zero-order valence-corrected chi connectivity index (χ0v) is 16.7. The van der Waals surface area contributed by atoms with Gasteiger partial charge in [0.15, 0.2) is 0 Å². The van der Waals surface area contributed by atoms with Crippen LogP contribution in [0.2, 0.25) is 0 Å². The molecule has 0 unspecified atom stereocenters. The quantitative estimate of drug-likeness (QED) is 0.443. The van der Waals surface area contributed by atoms with Gasteiger partial charge in [-0.3, -0.25) is 0 Å². The van der Waals surface area contributed by atoms with Crippen LogP contribution < -0.4 is 0 Å². The molecule has 0 amide bonds. The van der Waals surface area contributed by atoms with Gasteiger partial charge in [-0.25, -0.2) is 0 Å². The first-order valence-electron chi connectivity index (χ1n) is 9.63. The predicted molar refractivity (Wildman–Crippen MR) is 109 cm³/mol. The number of thioether (sulfide) groups is 1. The van der Waals surface area contributed by atoms with Gasteiger partial charge in [-0.05, 0) is 24.1 Å². The highest BCUT2D eigenvalue weighted by Gasteiger charge is 2.43. The van der Waals surface area contributed by atoms with Gasteiger partial charge < -0.3 is 24.4 Å². The van der Waals surface area contributed by atoms with Gasteiger partial charge in [-0.15, -0.1) is 11.8 Å². The summed E-state index contributed by atoms with van der Waals surface area (Å²) in [5.74, 6) is 0.659. The van der Waals surface area contributed by atoms with Crippen molar-refractivity contribution in [1.29, 1.82) is 0 Å². The molecule has 28 heavy (non-hydrogen) atoms. The Morgan fingerprint density at radius 2 is 1.64 bits per heavy atom. The number of hydrogen-bond acceptors (Lipinski definition) is 6. The van der Waals surface area contributed by atoms with E-state index in [1.54, 1.807) is 11.8 Å². The van der Waals surface area contributed by atoms with Gasteiger partial charge in [-0.2, -0.15) is 0 Å². The molecule has 2 aromatic carbocycles. The summed E-state index contributed by atoms with van der Waals surface area (Å²) >= 11 is 1.66. The molecule has 1 saturated heterocycles. The van der Waals surface area contributed by atoms with Crippen LogP contribution in [0.5, 0.6) is 0 Å². The van der Waals surface area contributed by atoms with E-state index in [4.69, 9.17) is 14.2 Å². The Balaban J connectivity index is 1.40. The molecule has 1 fully saturated rings. The van der Waals surface area contributed by atoms with E-state index >= 15 is 0 Å². The number of aliphatic hydroxyl groups excluding tert-OH is 2. The summed E-state index contributed by atoms with van der Waals surface area (Å²) < 4.78 is 17.4. The van der Waals surface area contributed by atoms with E-state index in [1.807, 2.05) is 60.7 Å². The molecule has 0 spiro atoms. The van der Waals surface area contributed by atoms with Crippen molar-refractivity contribution in [1.82, 2.24) is 0 Å². The Labute approximate surface area is 170 Å². The average molecular weight is 405 g/mol. The first-order valence-corrected chi connectivity index (χ1v) is 10.6. The van der Waals surface area contributed by atoms with Crippen LogP contribution in [-0.2, 0) is 20.8 Å². The standard InChI is InChI=1S/C22H28O5S/c23-14-19-21(24)22(20(27-19)16-28-18-10-5-2-6-11-18)26-13-7-12-25-15-17-8-3-1-4-9-17/h1-6,8-11,19-24H,7,12-16H2/t19-,20+,21+,22+/m0/s1. The van der Waals surface area contributed by atoms with E-state index in [2.05, 4.69) is 0 Å². The van der Waals surface area contributed by atoms with E-state index in [0.29, 0.717) is 25.6 Å². The van der Waals surface area contributed by atoms with Crippen molar-refractivity contribution in [2.75, 3.05) is 25.6 Å². The Hall–Kier alpha value is -1.41. The van der Waals surface area contributed by atoms with E-state index in [0.717, 1.165) is 16.9 Å². The third-order valence-electron chi connectivity index (χ3n) is 4.63. The van der Waals surface area contributed by atoms with E-state index in [9.17, 15) is 10.2 Å². The zero-order valence-electron chi connectivity index (χ0n) is 15.9. The third-order valence-corrected chi connectivity index (χ3v) is 5.73. The summed E-state index contributed by atoms with van der Waals surface area (Å²) in [4.78, 5) is 1.14. The fraction of sp³-hybridized carbons (Fsp3) is 0.455. The van der Waals surface area contributed by atoms with Gasteiger partial charge in [-0.1, -0.05) is 48.5 Å². The first-order chi connectivity index (χ1) is 13.8. The van der Waals surface area contributed by atoms with Crippen molar-refractivity contribution < 1.29 is 24.4 Å². The molecule has 4 atom stereocenters. The van der Waals surface area contributed by atoms with Crippen LogP contribution in [0.3, 0.4) is 0 Å². The first kappa shape index (κ1) is 21.3. The lowest BCUT2D eigenvalue weighted by atomic mass is 10.1. The van der Waals surface area contributed by atoms with Gasteiger partial charge in [0.2, 0.25) is 0 Å². The summed E-state index contributed by atoms with van der Waals surface area (Å²) in [6, 6.07) is 20.1. The fourth-order valence-corrected chi connectivity index (χ4v) is 4.12. The van der Waals surface area contributed by atoms with Gasteiger partial charge in [0.1, 0.15) is 18.3 Å². The summed E-state index contributed by atoms with van der Waals surface area (Å²) in [6.07, 6.45) is -1.39. The summed E-state index contributed by atoms with van der Waals surface area (Å²) in [5.41, 5.74) is 1.15. The molecule has 1 heterocycles. The Morgan fingerprint density at radius 1 is 0.929 bits per heavy atom. The van der Waals surface area contributed by atoms with Crippen molar-refractivity contribution in [2.24, 2.45) is 0 Å². The van der Waals surface area contributed by atoms with Crippen molar-refractivity contribution in [3.63, 3.8) is 0 Å². The lowest BCUT2D eigenvalue weighted by Crippen LogP contribution is -2.37. The van der Waals surface area contributed by atoms with Crippen LogP contribution in [0.25, 0.3) is 0 Å². The molecule has 0 saturated carbocycles. The zero-order chi connectivity index (χ0) is 19.6. The topological polar surface area (TPSA) is 68.2 Å². The fourth-order valence-electron chi connectivity index (χ4n) is 3.14. The molecule has 0 aliphatic carbocycles. The maximum absolute atomic E-state index is 10.4. The second-order valence-corrected chi connectivity index (χ2v) is 7.83. The van der Waals surface area contributed by atoms with Gasteiger partial charge in [0, 0.05) is 23.9 Å². The molecule has 5 nitrogen and oxygen atoms in total. The minimum Gasteiger partial charge on any atom is -0.394 e. The Kier molecular flexibility index (Phi) is 8.79. The van der Waals surface area contributed by atoms with Crippen LogP contribution in [0.1, 0.15) is 12.0 Å². The largest absolute Gasteiger partial charge is 0.394 e. The average Bonchev–Trinajstić information content (AvgIpc) is 3.05. The SMILES string of the molecule is OC[C@@H]1O[C@H](CSc2ccccc2)[C@@H](OCCCOCc2ccccc2)[C@@H]1O. The van der Waals surface area contributed by atoms with Gasteiger partial charge >= 0.3 is 0 Å². The van der Waals surface area contributed by atoms with E-state index in [-0.39, 0.29) is 12.7 Å². The lowest BCUT2D eigenvalue weighted by molar-refractivity contribution is -0.0388. The third kappa shape index (κ3) is 6.30. The van der Waals surface area contributed by atoms with Crippen molar-refractivity contribution in [2.45, 2.75) is 42.3 Å². The van der Waals surface area contributed by atoms with E-state index in [1.165, 1.54) is 0 Å². The number of hydrogen-bond donors (Lipinski definition) is 2. The van der Waals surface area contributed by atoms with Crippen LogP contribution >= 0.6 is 11.8 Å². The van der Waals surface area contributed by atoms with E-state index < -0.39 is 18.3 Å². The van der Waals surface area contributed by atoms with Crippen LogP contribution in [-0.4, -0.2) is 60.2 Å². The molecule has 6 heteroatoms. The number of ether oxygens (including phenoxy) is 3. The van der Waals surface area contributed by atoms with Gasteiger partial charge in [0.25, 0.3) is 0 Å². The second kappa shape index (κ2) is 11.6. The molecule has 3 rings (SSSR count). The number of aliphatic hydroxyl groups is 2. The summed E-state index contributed by atoms with van der Waals surface area (Å²) in [7, 11) is 0. The molecule has 2 aromatic rings. The highest BCUT2D eigenvalue weighted by Crippen LogP contribution is 2.29. The normalized spacial score (nSPS) is 24.5. The molecule has 2 N–H and O–H groups in total. The summed E-state index contributed by atoms with van der Waals surface area (Å²) in [6.45, 7) is 1.43. The Morgan fingerprint density at radius 3 is 2.36 bits per heavy atom. The number of rotatable bonds is 11. The predicted octanol–water partition coefficient (Wildman–Crippen LogP) is 2.89. The minimum absolute atomic E-state index is 0.215. The van der Waals surface area contributed by atoms with Crippen molar-refractivity contribution in [3.05, 3.63) is 66.2 Å². The molecule has 0 aromatic heterocycles. The summed E-state index contributed by atoms with van der Waals surface area (Å²) in [5, 5.41) is 19.9. The number of benzene rings is 2. The molecule has 0 radical (unpaired) electrons. The maximum Gasteiger partial charge on any atom is 0.113 e. The molecular formula is C22H28O5S. The van der Waals surface area contributed by atoms with Crippen molar-refractivity contribution in [3.8, 4) is 0 Å². The maximum atomic E-state index is 10.4. The lowest BCUT2D eigenvalue weighted by Gasteiger charge is -2.21. The van der Waals surface area contributed by atoms with Crippen molar-refractivity contribution >= 4 is 11.8 Å². The highest BCUT2D eigenvalue weighted by molar-refractivity contribution is 7.99. The van der Waals surface area contributed by atoms with Gasteiger partial charge in [0.05, 0.1) is 19.3 Å². The molecule has 152 valence electrons. The minimum atomic E-state index is -0.823. The molecule has 0 bridgehead atoms. The van der Waals surface area contributed by atoms with Crippen LogP contribution in [0.15, 0.2) is 65.6 Å². The second-order valence-electron chi connectivity index (χ2n) is 6.74.